The molecule has 0 rings (SSSR count). The highest BCUT2D eigenvalue weighted by molar-refractivity contribution is 4.67. The Kier molecular flexibility index (Phi) is 34.7. The van der Waals surface area contributed by atoms with E-state index in [1.54, 1.807) is 0 Å². The molecule has 0 aromatic heterocycles. The molecule has 0 fully saturated rings. The summed E-state index contributed by atoms with van der Waals surface area (Å²) in [6.07, 6.45) is 41.0. The molecule has 0 aromatic rings. The molecule has 4 unspecified atom stereocenters. The predicted molar refractivity (Wildman–Crippen MR) is 191 cm³/mol. The highest BCUT2D eigenvalue weighted by atomic mass is 16.5. The summed E-state index contributed by atoms with van der Waals surface area (Å²) in [4.78, 5) is 0. The van der Waals surface area contributed by atoms with Crippen molar-refractivity contribution in [1.29, 1.82) is 0 Å². The van der Waals surface area contributed by atoms with Crippen LogP contribution >= 0.6 is 0 Å². The molecule has 0 radical (unpaired) electrons. The number of aliphatic hydroxyl groups excluding tert-OH is 2. The van der Waals surface area contributed by atoms with E-state index in [1.165, 1.54) is 167 Å². The van der Waals surface area contributed by atoms with E-state index >= 15 is 0 Å². The molecule has 3 heteroatoms. The van der Waals surface area contributed by atoms with Crippen LogP contribution in [0, 0.1) is 0 Å². The van der Waals surface area contributed by atoms with Crippen LogP contribution in [0.1, 0.15) is 233 Å². The number of unbranched alkanes of at least 4 members (excludes halogenated alkanes) is 26. The zero-order chi connectivity index (χ0) is 31.6. The van der Waals surface area contributed by atoms with Crippen LogP contribution in [-0.4, -0.2) is 34.6 Å². The Morgan fingerprint density at radius 1 is 0.349 bits per heavy atom. The van der Waals surface area contributed by atoms with Crippen LogP contribution < -0.4 is 0 Å². The quantitative estimate of drug-likeness (QED) is 0.0694. The van der Waals surface area contributed by atoms with Gasteiger partial charge < -0.3 is 14.9 Å². The van der Waals surface area contributed by atoms with Crippen LogP contribution in [0.25, 0.3) is 0 Å². The molecule has 0 aromatic carbocycles. The molecule has 0 aliphatic heterocycles. The number of aliphatic hydroxyl groups is 2. The summed E-state index contributed by atoms with van der Waals surface area (Å²) in [6.45, 7) is 8.72. The lowest BCUT2D eigenvalue weighted by molar-refractivity contribution is -0.0395. The van der Waals surface area contributed by atoms with Crippen molar-refractivity contribution in [2.45, 2.75) is 258 Å². The van der Waals surface area contributed by atoms with Crippen LogP contribution in [0.4, 0.5) is 0 Å². The molecule has 0 spiro atoms. The standard InChI is InChI=1S/C40H82O3/c1-5-7-9-11-13-15-17-19-21-23-25-27-29-31-33-39(41)35-37(3)43-38(4)36-40(42)34-32-30-28-26-24-22-20-18-16-14-12-10-8-6-2/h37-42H,5-36H2,1-4H3. The first kappa shape index (κ1) is 42.9. The molecule has 4 atom stereocenters. The Balaban J connectivity index is 3.50. The second-order valence-corrected chi connectivity index (χ2v) is 14.3. The number of rotatable bonds is 36. The van der Waals surface area contributed by atoms with Gasteiger partial charge in [0.25, 0.3) is 0 Å². The Hall–Kier alpha value is -0.120. The zero-order valence-corrected chi connectivity index (χ0v) is 30.2. The highest BCUT2D eigenvalue weighted by Gasteiger charge is 2.16. The van der Waals surface area contributed by atoms with E-state index < -0.39 is 0 Å². The molecule has 0 saturated heterocycles. The van der Waals surface area contributed by atoms with Crippen molar-refractivity contribution in [2.24, 2.45) is 0 Å². The van der Waals surface area contributed by atoms with Crippen LogP contribution in [0.2, 0.25) is 0 Å². The summed E-state index contributed by atoms with van der Waals surface area (Å²) < 4.78 is 6.12. The summed E-state index contributed by atoms with van der Waals surface area (Å²) in [7, 11) is 0. The van der Waals surface area contributed by atoms with Gasteiger partial charge in [0.05, 0.1) is 24.4 Å². The minimum atomic E-state index is -0.264. The van der Waals surface area contributed by atoms with Crippen molar-refractivity contribution in [3.05, 3.63) is 0 Å². The maximum Gasteiger partial charge on any atom is 0.0575 e. The normalized spacial score (nSPS) is 14.7. The number of ether oxygens (including phenoxy) is 1. The first-order valence-corrected chi connectivity index (χ1v) is 20.0. The van der Waals surface area contributed by atoms with Gasteiger partial charge in [0, 0.05) is 0 Å². The topological polar surface area (TPSA) is 49.7 Å². The van der Waals surface area contributed by atoms with Gasteiger partial charge in [-0.15, -0.1) is 0 Å². The predicted octanol–water partition coefficient (Wildman–Crippen LogP) is 13.0. The average Bonchev–Trinajstić information content (AvgIpc) is 2.97. The van der Waals surface area contributed by atoms with E-state index in [9.17, 15) is 10.2 Å². The van der Waals surface area contributed by atoms with Gasteiger partial charge in [-0.25, -0.2) is 0 Å². The van der Waals surface area contributed by atoms with Gasteiger partial charge in [-0.1, -0.05) is 194 Å². The molecule has 2 N–H and O–H groups in total. The molecule has 260 valence electrons. The summed E-state index contributed by atoms with van der Waals surface area (Å²) in [6, 6.07) is 0. The third-order valence-corrected chi connectivity index (χ3v) is 9.45. The Bertz CT molecular complexity index is 466. The van der Waals surface area contributed by atoms with Crippen LogP contribution in [-0.2, 0) is 4.74 Å². The van der Waals surface area contributed by atoms with Gasteiger partial charge in [-0.05, 0) is 39.5 Å². The molecule has 0 amide bonds. The monoisotopic (exact) mass is 611 g/mol. The van der Waals surface area contributed by atoms with E-state index in [-0.39, 0.29) is 24.4 Å². The molecular formula is C40H82O3. The molecule has 0 bridgehead atoms. The van der Waals surface area contributed by atoms with Gasteiger partial charge >= 0.3 is 0 Å². The molecule has 0 saturated carbocycles. The van der Waals surface area contributed by atoms with Crippen molar-refractivity contribution in [3.8, 4) is 0 Å². The maximum atomic E-state index is 10.5. The Morgan fingerprint density at radius 3 is 0.791 bits per heavy atom. The third kappa shape index (κ3) is 34.6. The fourth-order valence-electron chi connectivity index (χ4n) is 6.66. The summed E-state index contributed by atoms with van der Waals surface area (Å²) in [5, 5.41) is 20.9. The molecule has 3 nitrogen and oxygen atoms in total. The van der Waals surface area contributed by atoms with Gasteiger partial charge in [0.15, 0.2) is 0 Å². The SMILES string of the molecule is CCCCCCCCCCCCCCCCC(O)CC(C)OC(C)CC(O)CCCCCCCCCCCCCCCC. The summed E-state index contributed by atoms with van der Waals surface area (Å²) in [5.41, 5.74) is 0. The molecular weight excluding hydrogens is 528 g/mol. The van der Waals surface area contributed by atoms with Gasteiger partial charge in [-0.3, -0.25) is 0 Å². The lowest BCUT2D eigenvalue weighted by Gasteiger charge is -2.23. The average molecular weight is 611 g/mol. The first-order chi connectivity index (χ1) is 21.0. The Morgan fingerprint density at radius 2 is 0.558 bits per heavy atom. The van der Waals surface area contributed by atoms with Crippen molar-refractivity contribution >= 4 is 0 Å². The number of hydrogen-bond donors (Lipinski definition) is 2. The highest BCUT2D eigenvalue weighted by Crippen LogP contribution is 2.18. The van der Waals surface area contributed by atoms with Crippen molar-refractivity contribution in [3.63, 3.8) is 0 Å². The maximum absolute atomic E-state index is 10.5. The van der Waals surface area contributed by atoms with Crippen LogP contribution in [0.5, 0.6) is 0 Å². The van der Waals surface area contributed by atoms with Gasteiger partial charge in [0.2, 0.25) is 0 Å². The minimum absolute atomic E-state index is 0.0462. The van der Waals surface area contributed by atoms with Gasteiger partial charge in [-0.2, -0.15) is 0 Å². The fraction of sp³-hybridized carbons (Fsp3) is 1.00. The van der Waals surface area contributed by atoms with Crippen LogP contribution in [0.15, 0.2) is 0 Å². The van der Waals surface area contributed by atoms with Crippen molar-refractivity contribution in [1.82, 2.24) is 0 Å². The van der Waals surface area contributed by atoms with Crippen LogP contribution in [0.3, 0.4) is 0 Å². The minimum Gasteiger partial charge on any atom is -0.393 e. The van der Waals surface area contributed by atoms with Crippen molar-refractivity contribution < 1.29 is 14.9 Å². The van der Waals surface area contributed by atoms with Gasteiger partial charge in [0.1, 0.15) is 0 Å². The van der Waals surface area contributed by atoms with E-state index in [2.05, 4.69) is 27.7 Å². The van der Waals surface area contributed by atoms with E-state index in [4.69, 9.17) is 4.74 Å². The molecule has 0 aliphatic rings. The lowest BCUT2D eigenvalue weighted by atomic mass is 10.0. The fourth-order valence-corrected chi connectivity index (χ4v) is 6.66. The second-order valence-electron chi connectivity index (χ2n) is 14.3. The van der Waals surface area contributed by atoms with Crippen molar-refractivity contribution in [2.75, 3.05) is 0 Å². The van der Waals surface area contributed by atoms with E-state index in [0.29, 0.717) is 12.8 Å². The lowest BCUT2D eigenvalue weighted by Crippen LogP contribution is -2.25. The third-order valence-electron chi connectivity index (χ3n) is 9.45. The molecule has 0 aliphatic carbocycles. The van der Waals surface area contributed by atoms with E-state index in [0.717, 1.165) is 25.7 Å². The summed E-state index contributed by atoms with van der Waals surface area (Å²) in [5.74, 6) is 0. The smallest absolute Gasteiger partial charge is 0.0575 e. The largest absolute Gasteiger partial charge is 0.393 e. The second kappa shape index (κ2) is 34.7. The first-order valence-electron chi connectivity index (χ1n) is 20.0. The molecule has 43 heavy (non-hydrogen) atoms. The zero-order valence-electron chi connectivity index (χ0n) is 30.2. The number of hydrogen-bond acceptors (Lipinski definition) is 3. The van der Waals surface area contributed by atoms with E-state index in [1.807, 2.05) is 0 Å². The molecule has 0 heterocycles. The Labute approximate surface area is 272 Å². The summed E-state index contributed by atoms with van der Waals surface area (Å²) >= 11 is 0.